The summed E-state index contributed by atoms with van der Waals surface area (Å²) in [5.41, 5.74) is 3.50. The zero-order chi connectivity index (χ0) is 30.9. The van der Waals surface area contributed by atoms with Gasteiger partial charge in [-0.15, -0.1) is 5.06 Å². The van der Waals surface area contributed by atoms with Crippen molar-refractivity contribution in [1.82, 2.24) is 9.96 Å². The van der Waals surface area contributed by atoms with Gasteiger partial charge in [0.1, 0.15) is 5.78 Å². The van der Waals surface area contributed by atoms with Crippen LogP contribution < -0.4 is 0 Å². The van der Waals surface area contributed by atoms with Crippen molar-refractivity contribution in [3.63, 3.8) is 0 Å². The lowest BCUT2D eigenvalue weighted by Crippen LogP contribution is -2.32. The summed E-state index contributed by atoms with van der Waals surface area (Å²) in [5, 5.41) is 1.56. The first-order chi connectivity index (χ1) is 20.7. The lowest BCUT2D eigenvalue weighted by molar-refractivity contribution is -0.197. The Kier molecular flexibility index (Phi) is 11.8. The largest absolute Gasteiger partial charge is 0.339 e. The van der Waals surface area contributed by atoms with Gasteiger partial charge in [0.25, 0.3) is 11.8 Å². The molecule has 1 aliphatic heterocycles. The predicted octanol–water partition coefficient (Wildman–Crippen LogP) is 7.11. The van der Waals surface area contributed by atoms with E-state index in [2.05, 4.69) is 12.1 Å². The minimum Gasteiger partial charge on any atom is -0.339 e. The summed E-state index contributed by atoms with van der Waals surface area (Å²) in [4.78, 5) is 66.7. The average molecular weight is 630 g/mol. The van der Waals surface area contributed by atoms with Gasteiger partial charge in [-0.2, -0.15) is 0 Å². The first-order valence-corrected chi connectivity index (χ1v) is 15.8. The average Bonchev–Trinajstić information content (AvgIpc) is 3.53. The normalized spacial score (nSPS) is 17.7. The molecule has 10 heteroatoms. The highest BCUT2D eigenvalue weighted by Crippen LogP contribution is 2.47. The SMILES string of the molecule is CN(C(=O)CCCCCCCCC(=O)CCC(=O)ON1C(=O)CCC1=O)[C@@H]1C[C@@H](c2ccc(Cl)c(Cl)c2)c2ccccc21. The van der Waals surface area contributed by atoms with Crippen molar-refractivity contribution in [1.29, 1.82) is 0 Å². The molecular weight excluding hydrogens is 591 g/mol. The van der Waals surface area contributed by atoms with Crippen LogP contribution in [0.4, 0.5) is 0 Å². The fourth-order valence-electron chi connectivity index (χ4n) is 5.85. The van der Waals surface area contributed by atoms with E-state index in [0.717, 1.165) is 50.5 Å². The smallest absolute Gasteiger partial charge is 0.333 e. The number of hydrogen-bond donors (Lipinski definition) is 0. The zero-order valence-corrected chi connectivity index (χ0v) is 26.0. The lowest BCUT2D eigenvalue weighted by atomic mass is 9.93. The van der Waals surface area contributed by atoms with E-state index < -0.39 is 17.8 Å². The maximum atomic E-state index is 13.1. The van der Waals surface area contributed by atoms with Gasteiger partial charge in [-0.1, -0.05) is 79.2 Å². The van der Waals surface area contributed by atoms with Crippen molar-refractivity contribution in [2.24, 2.45) is 0 Å². The van der Waals surface area contributed by atoms with Gasteiger partial charge in [-0.3, -0.25) is 19.2 Å². The first-order valence-electron chi connectivity index (χ1n) is 15.0. The van der Waals surface area contributed by atoms with Crippen LogP contribution in [0.25, 0.3) is 0 Å². The Balaban J connectivity index is 1.10. The number of Topliss-reactive ketones (excluding diaryl/α,β-unsaturated/α-hetero) is 1. The van der Waals surface area contributed by atoms with Gasteiger partial charge in [0.15, 0.2) is 0 Å². The summed E-state index contributed by atoms with van der Waals surface area (Å²) in [6.45, 7) is 0. The molecule has 0 radical (unpaired) electrons. The van der Waals surface area contributed by atoms with E-state index in [0.29, 0.717) is 28.0 Å². The highest BCUT2D eigenvalue weighted by atomic mass is 35.5. The highest BCUT2D eigenvalue weighted by molar-refractivity contribution is 6.42. The molecule has 230 valence electrons. The monoisotopic (exact) mass is 628 g/mol. The third kappa shape index (κ3) is 8.67. The topological polar surface area (TPSA) is 101 Å². The Hall–Kier alpha value is -3.23. The Morgan fingerprint density at radius 2 is 1.44 bits per heavy atom. The molecule has 0 N–H and O–H groups in total. The third-order valence-corrected chi connectivity index (χ3v) is 9.04. The molecular formula is C33H38Cl2N2O6. The molecule has 1 aliphatic carbocycles. The van der Waals surface area contributed by atoms with Gasteiger partial charge in [-0.05, 0) is 48.1 Å². The van der Waals surface area contributed by atoms with Crippen molar-refractivity contribution in [2.75, 3.05) is 7.05 Å². The van der Waals surface area contributed by atoms with Crippen molar-refractivity contribution < 1.29 is 28.8 Å². The highest BCUT2D eigenvalue weighted by Gasteiger charge is 2.36. The minimum absolute atomic E-state index is 0.00717. The number of hydroxylamine groups is 2. The Morgan fingerprint density at radius 3 is 2.12 bits per heavy atom. The summed E-state index contributed by atoms with van der Waals surface area (Å²) < 4.78 is 0. The molecule has 3 amide bonds. The second-order valence-corrected chi connectivity index (χ2v) is 12.1. The fraction of sp³-hybridized carbons (Fsp3) is 0.485. The quantitative estimate of drug-likeness (QED) is 0.154. The standard InChI is InChI=1S/C33H38Cl2N2O6/c1-36(29-21-26(24-11-8-9-12-25(24)29)22-14-16-27(34)28(35)20-22)30(39)13-7-5-3-2-4-6-10-23(38)15-19-33(42)43-37-31(40)17-18-32(37)41/h8-9,11-12,14,16,20,26,29H,2-7,10,13,15,17-19,21H2,1H3/t26-,29+/m0/s1. The molecule has 0 unspecified atom stereocenters. The van der Waals surface area contributed by atoms with E-state index >= 15 is 0 Å². The van der Waals surface area contributed by atoms with Crippen LogP contribution in [0.3, 0.4) is 0 Å². The van der Waals surface area contributed by atoms with Crippen LogP contribution in [0, 0.1) is 0 Å². The van der Waals surface area contributed by atoms with Crippen LogP contribution in [-0.4, -0.2) is 46.5 Å². The molecule has 1 heterocycles. The molecule has 1 fully saturated rings. The summed E-state index contributed by atoms with van der Waals surface area (Å²) in [5.74, 6) is -1.57. The molecule has 0 aromatic heterocycles. The van der Waals surface area contributed by atoms with Gasteiger partial charge < -0.3 is 9.74 Å². The van der Waals surface area contributed by atoms with E-state index in [-0.39, 0.29) is 49.3 Å². The number of amides is 3. The molecule has 2 aromatic carbocycles. The number of imide groups is 1. The van der Waals surface area contributed by atoms with Crippen molar-refractivity contribution >= 4 is 52.7 Å². The van der Waals surface area contributed by atoms with E-state index in [1.165, 1.54) is 11.1 Å². The van der Waals surface area contributed by atoms with Crippen LogP contribution in [0.2, 0.25) is 10.0 Å². The van der Waals surface area contributed by atoms with Gasteiger partial charge >= 0.3 is 5.97 Å². The second-order valence-electron chi connectivity index (χ2n) is 11.3. The second kappa shape index (κ2) is 15.5. The van der Waals surface area contributed by atoms with Crippen LogP contribution in [-0.2, 0) is 28.8 Å². The molecule has 2 atom stereocenters. The predicted molar refractivity (Wildman–Crippen MR) is 163 cm³/mol. The number of hydrogen-bond acceptors (Lipinski definition) is 6. The van der Waals surface area contributed by atoms with E-state index in [4.69, 9.17) is 28.0 Å². The zero-order valence-electron chi connectivity index (χ0n) is 24.5. The van der Waals surface area contributed by atoms with Crippen LogP contribution >= 0.6 is 23.2 Å². The number of ketones is 1. The van der Waals surface area contributed by atoms with Gasteiger partial charge in [0.05, 0.1) is 22.5 Å². The number of benzene rings is 2. The summed E-state index contributed by atoms with van der Waals surface area (Å²) in [6, 6.07) is 14.1. The minimum atomic E-state index is -0.749. The third-order valence-electron chi connectivity index (χ3n) is 8.30. The Morgan fingerprint density at radius 1 is 0.814 bits per heavy atom. The summed E-state index contributed by atoms with van der Waals surface area (Å²) in [6.07, 6.45) is 6.99. The number of fused-ring (bicyclic) bond motifs is 1. The lowest BCUT2D eigenvalue weighted by Gasteiger charge is -2.26. The number of unbranched alkanes of at least 4 members (excludes halogenated alkanes) is 5. The van der Waals surface area contributed by atoms with Crippen LogP contribution in [0.1, 0.15) is 112 Å². The Labute approximate surface area is 262 Å². The maximum Gasteiger partial charge on any atom is 0.333 e. The fourth-order valence-corrected chi connectivity index (χ4v) is 6.15. The van der Waals surface area contributed by atoms with E-state index in [1.807, 2.05) is 42.3 Å². The molecule has 2 aromatic rings. The van der Waals surface area contributed by atoms with Gasteiger partial charge in [-0.25, -0.2) is 4.79 Å². The molecule has 2 aliphatic rings. The molecule has 43 heavy (non-hydrogen) atoms. The van der Waals surface area contributed by atoms with E-state index in [1.54, 1.807) is 0 Å². The summed E-state index contributed by atoms with van der Waals surface area (Å²) in [7, 11) is 1.89. The molecule has 0 saturated carbocycles. The molecule has 4 rings (SSSR count). The maximum absolute atomic E-state index is 13.1. The number of carbonyl (C=O) groups is 5. The Bertz CT molecular complexity index is 1350. The number of nitrogens with zero attached hydrogens (tertiary/aromatic N) is 2. The van der Waals surface area contributed by atoms with Gasteiger partial charge in [0.2, 0.25) is 5.91 Å². The molecule has 1 saturated heterocycles. The van der Waals surface area contributed by atoms with E-state index in [9.17, 15) is 24.0 Å². The number of carbonyl (C=O) groups excluding carboxylic acids is 5. The number of rotatable bonds is 15. The van der Waals surface area contributed by atoms with Crippen molar-refractivity contribution in [2.45, 2.75) is 95.4 Å². The summed E-state index contributed by atoms with van der Waals surface area (Å²) >= 11 is 12.4. The van der Waals surface area contributed by atoms with Gasteiger partial charge in [0, 0.05) is 45.1 Å². The van der Waals surface area contributed by atoms with Crippen LogP contribution in [0.5, 0.6) is 0 Å². The molecule has 0 spiro atoms. The number of halogens is 2. The molecule has 0 bridgehead atoms. The van der Waals surface area contributed by atoms with Crippen LogP contribution in [0.15, 0.2) is 42.5 Å². The first kappa shape index (κ1) is 32.7. The van der Waals surface area contributed by atoms with Crippen molar-refractivity contribution in [3.05, 3.63) is 69.2 Å². The van der Waals surface area contributed by atoms with Crippen molar-refractivity contribution in [3.8, 4) is 0 Å². The molecule has 8 nitrogen and oxygen atoms in total.